The zero-order valence-corrected chi connectivity index (χ0v) is 17.4. The zero-order chi connectivity index (χ0) is 19.6. The second kappa shape index (κ2) is 8.34. The smallest absolute Gasteiger partial charge is 0.410 e. The van der Waals surface area contributed by atoms with Gasteiger partial charge in [-0.1, -0.05) is 53.5 Å². The number of halogens is 2. The van der Waals surface area contributed by atoms with Crippen LogP contribution in [0.15, 0.2) is 48.5 Å². The predicted octanol–water partition coefficient (Wildman–Crippen LogP) is 6.36. The standard InChI is InChI=1S/C23H25Cl2NO2/c24-20-12-18(13-21(25)14-20)6-7-19-15-23(19)8-10-26(11-9-23)22(27)28-16-17-4-2-1-3-5-17/h1-5,12-14,19H,6-11,15-16H2. The van der Waals surface area contributed by atoms with Crippen LogP contribution in [0.4, 0.5) is 4.79 Å². The number of benzene rings is 2. The van der Waals surface area contributed by atoms with Gasteiger partial charge in [0.05, 0.1) is 0 Å². The summed E-state index contributed by atoms with van der Waals surface area (Å²) in [6.45, 7) is 1.94. The Kier molecular flexibility index (Phi) is 5.84. The van der Waals surface area contributed by atoms with Crippen LogP contribution < -0.4 is 0 Å². The molecule has 0 radical (unpaired) electrons. The number of hydrogen-bond acceptors (Lipinski definition) is 2. The Hall–Kier alpha value is -1.71. The number of piperidine rings is 1. The van der Waals surface area contributed by atoms with Crippen molar-refractivity contribution in [2.45, 2.75) is 38.7 Å². The van der Waals surface area contributed by atoms with Crippen molar-refractivity contribution in [3.8, 4) is 0 Å². The highest BCUT2D eigenvalue weighted by molar-refractivity contribution is 6.34. The minimum absolute atomic E-state index is 0.190. The van der Waals surface area contributed by atoms with Crippen LogP contribution in [-0.4, -0.2) is 24.1 Å². The number of rotatable bonds is 5. The first-order chi connectivity index (χ1) is 13.5. The van der Waals surface area contributed by atoms with Crippen LogP contribution in [0, 0.1) is 11.3 Å². The van der Waals surface area contributed by atoms with E-state index in [9.17, 15) is 4.79 Å². The first-order valence-corrected chi connectivity index (χ1v) is 10.7. The van der Waals surface area contributed by atoms with Crippen molar-refractivity contribution in [2.75, 3.05) is 13.1 Å². The van der Waals surface area contributed by atoms with Gasteiger partial charge in [0.2, 0.25) is 0 Å². The molecule has 28 heavy (non-hydrogen) atoms. The van der Waals surface area contributed by atoms with Crippen LogP contribution in [0.3, 0.4) is 0 Å². The summed E-state index contributed by atoms with van der Waals surface area (Å²) in [5.74, 6) is 0.743. The lowest BCUT2D eigenvalue weighted by atomic mass is 9.89. The van der Waals surface area contributed by atoms with Gasteiger partial charge in [0, 0.05) is 23.1 Å². The molecule has 0 bridgehead atoms. The van der Waals surface area contributed by atoms with Gasteiger partial charge in [-0.3, -0.25) is 0 Å². The summed E-state index contributed by atoms with van der Waals surface area (Å²) in [4.78, 5) is 14.2. The zero-order valence-electron chi connectivity index (χ0n) is 15.9. The summed E-state index contributed by atoms with van der Waals surface area (Å²) in [5, 5.41) is 1.41. The molecule has 5 heteroatoms. The fraction of sp³-hybridized carbons (Fsp3) is 0.435. The third-order valence-electron chi connectivity index (χ3n) is 6.29. The molecule has 1 heterocycles. The number of carbonyl (C=O) groups excluding carboxylic acids is 1. The van der Waals surface area contributed by atoms with E-state index in [1.165, 1.54) is 12.0 Å². The van der Waals surface area contributed by atoms with E-state index in [-0.39, 0.29) is 6.09 Å². The van der Waals surface area contributed by atoms with E-state index in [0.29, 0.717) is 22.1 Å². The lowest BCUT2D eigenvalue weighted by molar-refractivity contribution is 0.0777. The molecule has 148 valence electrons. The molecule has 3 nitrogen and oxygen atoms in total. The van der Waals surface area contributed by atoms with Crippen molar-refractivity contribution in [1.82, 2.24) is 4.90 Å². The maximum atomic E-state index is 12.3. The highest BCUT2D eigenvalue weighted by Crippen LogP contribution is 2.61. The molecule has 1 aliphatic heterocycles. The Labute approximate surface area is 176 Å². The molecule has 1 saturated heterocycles. The fourth-order valence-corrected chi connectivity index (χ4v) is 5.07. The Morgan fingerprint density at radius 2 is 1.71 bits per heavy atom. The second-order valence-electron chi connectivity index (χ2n) is 8.11. The van der Waals surface area contributed by atoms with Crippen molar-refractivity contribution in [1.29, 1.82) is 0 Å². The van der Waals surface area contributed by atoms with Crippen LogP contribution in [0.2, 0.25) is 10.0 Å². The molecule has 2 aliphatic rings. The molecule has 2 aromatic carbocycles. The maximum Gasteiger partial charge on any atom is 0.410 e. The lowest BCUT2D eigenvalue weighted by Crippen LogP contribution is -2.39. The minimum atomic E-state index is -0.190. The van der Waals surface area contributed by atoms with Gasteiger partial charge in [-0.05, 0) is 72.8 Å². The highest BCUT2D eigenvalue weighted by atomic mass is 35.5. The summed E-state index contributed by atoms with van der Waals surface area (Å²) in [6, 6.07) is 15.6. The Morgan fingerprint density at radius 1 is 1.04 bits per heavy atom. The monoisotopic (exact) mass is 417 g/mol. The van der Waals surface area contributed by atoms with Crippen LogP contribution in [-0.2, 0) is 17.8 Å². The van der Waals surface area contributed by atoms with E-state index < -0.39 is 0 Å². The summed E-state index contributed by atoms with van der Waals surface area (Å²) in [5.41, 5.74) is 2.66. The summed E-state index contributed by atoms with van der Waals surface area (Å²) in [6.07, 6.45) is 5.41. The molecule has 2 aromatic rings. The van der Waals surface area contributed by atoms with Crippen LogP contribution >= 0.6 is 23.2 Å². The van der Waals surface area contributed by atoms with Gasteiger partial charge in [0.15, 0.2) is 0 Å². The van der Waals surface area contributed by atoms with Crippen LogP contribution in [0.25, 0.3) is 0 Å². The van der Waals surface area contributed by atoms with Gasteiger partial charge in [-0.15, -0.1) is 0 Å². The molecule has 1 atom stereocenters. The number of aryl methyl sites for hydroxylation is 1. The SMILES string of the molecule is O=C(OCc1ccccc1)N1CCC2(CC1)CC2CCc1cc(Cl)cc(Cl)c1. The molecule has 0 N–H and O–H groups in total. The number of hydrogen-bond donors (Lipinski definition) is 0. The van der Waals surface area contributed by atoms with Gasteiger partial charge in [0.25, 0.3) is 0 Å². The van der Waals surface area contributed by atoms with Gasteiger partial charge in [-0.2, -0.15) is 0 Å². The molecule has 2 fully saturated rings. The average molecular weight is 418 g/mol. The van der Waals surface area contributed by atoms with Crippen molar-refractivity contribution in [2.24, 2.45) is 11.3 Å². The highest BCUT2D eigenvalue weighted by Gasteiger charge is 2.54. The molecule has 1 aliphatic carbocycles. The van der Waals surface area contributed by atoms with Gasteiger partial charge in [-0.25, -0.2) is 4.79 Å². The molecule has 1 spiro atoms. The summed E-state index contributed by atoms with van der Waals surface area (Å²) < 4.78 is 5.47. The lowest BCUT2D eigenvalue weighted by Gasteiger charge is -2.32. The molecule has 1 amide bonds. The third-order valence-corrected chi connectivity index (χ3v) is 6.72. The number of likely N-dealkylation sites (tertiary alicyclic amines) is 1. The Balaban J connectivity index is 1.21. The average Bonchev–Trinajstić information content (AvgIpc) is 3.37. The summed E-state index contributed by atoms with van der Waals surface area (Å²) >= 11 is 12.2. The molecular formula is C23H25Cl2NO2. The maximum absolute atomic E-state index is 12.3. The first kappa shape index (κ1) is 19.6. The Morgan fingerprint density at radius 3 is 2.39 bits per heavy atom. The van der Waals surface area contributed by atoms with Gasteiger partial charge < -0.3 is 9.64 Å². The van der Waals surface area contributed by atoms with E-state index >= 15 is 0 Å². The summed E-state index contributed by atoms with van der Waals surface area (Å²) in [7, 11) is 0. The van der Waals surface area contributed by atoms with E-state index in [1.807, 2.05) is 47.4 Å². The normalized spacial score (nSPS) is 20.2. The van der Waals surface area contributed by atoms with E-state index in [4.69, 9.17) is 27.9 Å². The van der Waals surface area contributed by atoms with Crippen LogP contribution in [0.1, 0.15) is 36.8 Å². The Bertz CT molecular complexity index is 812. The molecule has 4 rings (SSSR count). The quantitative estimate of drug-likeness (QED) is 0.565. The molecule has 1 unspecified atom stereocenters. The van der Waals surface area contributed by atoms with Crippen LogP contribution in [0.5, 0.6) is 0 Å². The number of nitrogens with zero attached hydrogens (tertiary/aromatic N) is 1. The van der Waals surface area contributed by atoms with E-state index in [1.54, 1.807) is 6.07 Å². The minimum Gasteiger partial charge on any atom is -0.445 e. The number of amides is 1. The second-order valence-corrected chi connectivity index (χ2v) is 8.98. The number of carbonyl (C=O) groups is 1. The largest absolute Gasteiger partial charge is 0.445 e. The molecule has 0 aromatic heterocycles. The van der Waals surface area contributed by atoms with E-state index in [2.05, 4.69) is 0 Å². The van der Waals surface area contributed by atoms with Crippen molar-refractivity contribution in [3.05, 3.63) is 69.7 Å². The third kappa shape index (κ3) is 4.64. The first-order valence-electron chi connectivity index (χ1n) is 9.95. The topological polar surface area (TPSA) is 29.5 Å². The van der Waals surface area contributed by atoms with Gasteiger partial charge >= 0.3 is 6.09 Å². The van der Waals surface area contributed by atoms with E-state index in [0.717, 1.165) is 50.3 Å². The molecular weight excluding hydrogens is 393 g/mol. The van der Waals surface area contributed by atoms with Gasteiger partial charge in [0.1, 0.15) is 6.61 Å². The van der Waals surface area contributed by atoms with Crippen molar-refractivity contribution < 1.29 is 9.53 Å². The number of ether oxygens (including phenoxy) is 1. The van der Waals surface area contributed by atoms with Crippen molar-refractivity contribution >= 4 is 29.3 Å². The molecule has 1 saturated carbocycles. The fourth-order valence-electron chi connectivity index (χ4n) is 4.49. The predicted molar refractivity (Wildman–Crippen MR) is 113 cm³/mol. The van der Waals surface area contributed by atoms with Crippen molar-refractivity contribution in [3.63, 3.8) is 0 Å².